The molecule has 102 valence electrons. The molecule has 19 heavy (non-hydrogen) atoms. The molecule has 1 N–H and O–H groups in total. The topological polar surface area (TPSA) is 38.0 Å². The molecule has 0 saturated carbocycles. The van der Waals surface area contributed by atoms with E-state index in [9.17, 15) is 9.50 Å². The fourth-order valence-electron chi connectivity index (χ4n) is 2.02. The molecular formula is C14H16ClFN2O. The third-order valence-electron chi connectivity index (χ3n) is 3.01. The summed E-state index contributed by atoms with van der Waals surface area (Å²) in [5.41, 5.74) is 1.07. The van der Waals surface area contributed by atoms with Crippen molar-refractivity contribution in [1.29, 1.82) is 0 Å². The Morgan fingerprint density at radius 1 is 1.42 bits per heavy atom. The van der Waals surface area contributed by atoms with Gasteiger partial charge < -0.3 is 9.67 Å². The molecule has 0 saturated heterocycles. The van der Waals surface area contributed by atoms with Crippen molar-refractivity contribution in [2.75, 3.05) is 0 Å². The van der Waals surface area contributed by atoms with Crippen molar-refractivity contribution in [2.45, 2.75) is 32.4 Å². The van der Waals surface area contributed by atoms with E-state index in [4.69, 9.17) is 11.6 Å². The molecule has 0 spiro atoms. The first kappa shape index (κ1) is 14.0. The van der Waals surface area contributed by atoms with Gasteiger partial charge in [-0.25, -0.2) is 9.37 Å². The van der Waals surface area contributed by atoms with E-state index in [2.05, 4.69) is 4.98 Å². The van der Waals surface area contributed by atoms with Gasteiger partial charge in [0.25, 0.3) is 0 Å². The number of aliphatic hydroxyl groups excluding tert-OH is 1. The predicted octanol–water partition coefficient (Wildman–Crippen LogP) is 3.53. The summed E-state index contributed by atoms with van der Waals surface area (Å²) in [6.07, 6.45) is 2.63. The van der Waals surface area contributed by atoms with Crippen LogP contribution >= 0.6 is 11.6 Å². The highest BCUT2D eigenvalue weighted by Crippen LogP contribution is 2.24. The Bertz CT molecular complexity index is 568. The minimum absolute atomic E-state index is 0.171. The summed E-state index contributed by atoms with van der Waals surface area (Å²) in [5.74, 6) is -0.362. The summed E-state index contributed by atoms with van der Waals surface area (Å²) in [4.78, 5) is 4.03. The van der Waals surface area contributed by atoms with Crippen LogP contribution in [0.3, 0.4) is 0 Å². The van der Waals surface area contributed by atoms with Crippen LogP contribution in [0.5, 0.6) is 0 Å². The lowest BCUT2D eigenvalue weighted by atomic mass is 10.1. The lowest BCUT2D eigenvalue weighted by Crippen LogP contribution is -2.11. The molecular weight excluding hydrogens is 267 g/mol. The Kier molecular flexibility index (Phi) is 4.22. The van der Waals surface area contributed by atoms with Gasteiger partial charge in [-0.2, -0.15) is 0 Å². The van der Waals surface area contributed by atoms with Crippen LogP contribution in [0.15, 0.2) is 30.7 Å². The molecule has 1 unspecified atom stereocenters. The van der Waals surface area contributed by atoms with Crippen LogP contribution in [0.1, 0.15) is 37.3 Å². The van der Waals surface area contributed by atoms with E-state index in [-0.39, 0.29) is 18.3 Å². The van der Waals surface area contributed by atoms with Crippen LogP contribution in [0.2, 0.25) is 5.02 Å². The van der Waals surface area contributed by atoms with E-state index in [0.717, 1.165) is 0 Å². The van der Waals surface area contributed by atoms with Crippen LogP contribution in [0, 0.1) is 5.82 Å². The first-order valence-corrected chi connectivity index (χ1v) is 6.50. The first-order valence-electron chi connectivity index (χ1n) is 6.12. The van der Waals surface area contributed by atoms with Gasteiger partial charge in [0, 0.05) is 17.5 Å². The Hall–Kier alpha value is -1.39. The second-order valence-corrected chi connectivity index (χ2v) is 5.21. The third kappa shape index (κ3) is 3.14. The second kappa shape index (κ2) is 5.72. The van der Waals surface area contributed by atoms with E-state index >= 15 is 0 Å². The smallest absolute Gasteiger partial charge is 0.126 e. The number of rotatable bonds is 4. The number of imidazole rings is 1. The average molecular weight is 283 g/mol. The van der Waals surface area contributed by atoms with Gasteiger partial charge in [-0.1, -0.05) is 11.6 Å². The summed E-state index contributed by atoms with van der Waals surface area (Å²) in [6, 6.07) is 4.53. The largest absolute Gasteiger partial charge is 0.386 e. The molecule has 0 aliphatic heterocycles. The summed E-state index contributed by atoms with van der Waals surface area (Å²) in [5, 5.41) is 10.7. The highest BCUT2D eigenvalue weighted by Gasteiger charge is 2.17. The van der Waals surface area contributed by atoms with Crippen LogP contribution in [-0.4, -0.2) is 14.7 Å². The van der Waals surface area contributed by atoms with Crippen molar-refractivity contribution in [2.24, 2.45) is 0 Å². The Morgan fingerprint density at radius 2 is 2.16 bits per heavy atom. The molecule has 1 aromatic carbocycles. The van der Waals surface area contributed by atoms with Gasteiger partial charge >= 0.3 is 0 Å². The van der Waals surface area contributed by atoms with Gasteiger partial charge in [0.15, 0.2) is 0 Å². The number of aliphatic hydroxyl groups is 1. The highest BCUT2D eigenvalue weighted by atomic mass is 35.5. The van der Waals surface area contributed by atoms with Crippen molar-refractivity contribution < 1.29 is 9.50 Å². The average Bonchev–Trinajstić information content (AvgIpc) is 2.83. The van der Waals surface area contributed by atoms with Crippen molar-refractivity contribution in [3.63, 3.8) is 0 Å². The standard InChI is InChI=1S/C14H16ClFN2O/c1-9(2)18-8-17-7-13(18)14(19)6-10-5-11(15)3-4-12(10)16/h3-5,7-9,14,19H,6H2,1-2H3. The zero-order valence-corrected chi connectivity index (χ0v) is 11.6. The molecule has 1 heterocycles. The Labute approximate surface area is 116 Å². The molecule has 1 aromatic heterocycles. The molecule has 0 amide bonds. The van der Waals surface area contributed by atoms with Crippen LogP contribution < -0.4 is 0 Å². The van der Waals surface area contributed by atoms with Gasteiger partial charge in [-0.3, -0.25) is 0 Å². The van der Waals surface area contributed by atoms with Gasteiger partial charge in [-0.05, 0) is 37.6 Å². The summed E-state index contributed by atoms with van der Waals surface area (Å²) >= 11 is 5.84. The van der Waals surface area contributed by atoms with Crippen molar-refractivity contribution in [3.8, 4) is 0 Å². The maximum atomic E-state index is 13.6. The van der Waals surface area contributed by atoms with Crippen molar-refractivity contribution >= 4 is 11.6 Å². The fourth-order valence-corrected chi connectivity index (χ4v) is 2.21. The minimum atomic E-state index is -0.808. The number of nitrogens with zero attached hydrogens (tertiary/aromatic N) is 2. The number of hydrogen-bond acceptors (Lipinski definition) is 2. The minimum Gasteiger partial charge on any atom is -0.386 e. The Morgan fingerprint density at radius 3 is 2.84 bits per heavy atom. The Balaban J connectivity index is 2.23. The predicted molar refractivity (Wildman–Crippen MR) is 72.7 cm³/mol. The lowest BCUT2D eigenvalue weighted by Gasteiger charge is -2.16. The van der Waals surface area contributed by atoms with Gasteiger partial charge in [-0.15, -0.1) is 0 Å². The molecule has 0 aliphatic carbocycles. The maximum Gasteiger partial charge on any atom is 0.126 e. The molecule has 3 nitrogen and oxygen atoms in total. The van der Waals surface area contributed by atoms with E-state index < -0.39 is 6.10 Å². The molecule has 1 atom stereocenters. The van der Waals surface area contributed by atoms with E-state index in [0.29, 0.717) is 16.3 Å². The summed E-state index contributed by atoms with van der Waals surface area (Å²) in [6.45, 7) is 4.00. The van der Waals surface area contributed by atoms with Crippen molar-refractivity contribution in [3.05, 3.63) is 52.8 Å². The molecule has 0 radical (unpaired) electrons. The van der Waals surface area contributed by atoms with E-state index in [1.54, 1.807) is 12.5 Å². The third-order valence-corrected chi connectivity index (χ3v) is 3.25. The van der Waals surface area contributed by atoms with E-state index in [1.165, 1.54) is 18.2 Å². The van der Waals surface area contributed by atoms with Crippen LogP contribution in [0.25, 0.3) is 0 Å². The fraction of sp³-hybridized carbons (Fsp3) is 0.357. The first-order chi connectivity index (χ1) is 8.99. The molecule has 0 bridgehead atoms. The van der Waals surface area contributed by atoms with Gasteiger partial charge in [0.05, 0.1) is 24.3 Å². The number of hydrogen-bond donors (Lipinski definition) is 1. The van der Waals surface area contributed by atoms with Gasteiger partial charge in [0.1, 0.15) is 5.82 Å². The maximum absolute atomic E-state index is 13.6. The van der Waals surface area contributed by atoms with E-state index in [1.807, 2.05) is 18.4 Å². The molecule has 5 heteroatoms. The summed E-state index contributed by atoms with van der Waals surface area (Å²) < 4.78 is 15.5. The van der Waals surface area contributed by atoms with Gasteiger partial charge in [0.2, 0.25) is 0 Å². The zero-order chi connectivity index (χ0) is 14.0. The molecule has 0 aliphatic rings. The number of halogens is 2. The quantitative estimate of drug-likeness (QED) is 0.931. The molecule has 0 fully saturated rings. The molecule has 2 aromatic rings. The zero-order valence-electron chi connectivity index (χ0n) is 10.8. The SMILES string of the molecule is CC(C)n1cncc1C(O)Cc1cc(Cl)ccc1F. The van der Waals surface area contributed by atoms with Crippen LogP contribution in [-0.2, 0) is 6.42 Å². The van der Waals surface area contributed by atoms with Crippen LogP contribution in [0.4, 0.5) is 4.39 Å². The highest BCUT2D eigenvalue weighted by molar-refractivity contribution is 6.30. The lowest BCUT2D eigenvalue weighted by molar-refractivity contribution is 0.166. The number of aromatic nitrogens is 2. The molecule has 2 rings (SSSR count). The number of benzene rings is 1. The normalized spacial score (nSPS) is 12.9. The monoisotopic (exact) mass is 282 g/mol. The van der Waals surface area contributed by atoms with Crippen molar-refractivity contribution in [1.82, 2.24) is 9.55 Å². The summed E-state index contributed by atoms with van der Waals surface area (Å²) in [7, 11) is 0. The second-order valence-electron chi connectivity index (χ2n) is 4.78.